The Hall–Kier alpha value is -3.49. The van der Waals surface area contributed by atoms with Crippen LogP contribution in [0, 0.1) is 0 Å². The van der Waals surface area contributed by atoms with Crippen molar-refractivity contribution >= 4 is 29.5 Å². The van der Waals surface area contributed by atoms with Gasteiger partial charge in [0, 0.05) is 18.9 Å². The van der Waals surface area contributed by atoms with Gasteiger partial charge in [0.2, 0.25) is 0 Å². The van der Waals surface area contributed by atoms with Gasteiger partial charge in [0.25, 0.3) is 5.91 Å². The van der Waals surface area contributed by atoms with Crippen LogP contribution in [0.2, 0.25) is 0 Å². The number of nitrogens with one attached hydrogen (secondary N) is 3. The molecule has 25 heavy (non-hydrogen) atoms. The van der Waals surface area contributed by atoms with E-state index in [2.05, 4.69) is 30.7 Å². The predicted octanol–water partition coefficient (Wildman–Crippen LogP) is 1.66. The third-order valence-corrected chi connectivity index (χ3v) is 3.03. The first-order valence-electron chi connectivity index (χ1n) is 7.40. The van der Waals surface area contributed by atoms with Crippen LogP contribution in [0.25, 0.3) is 0 Å². The van der Waals surface area contributed by atoms with E-state index in [1.165, 1.54) is 43.8 Å². The van der Waals surface area contributed by atoms with Crippen LogP contribution in [0.1, 0.15) is 27.6 Å². The first-order chi connectivity index (χ1) is 12.0. The van der Waals surface area contributed by atoms with Gasteiger partial charge >= 0.3 is 12.0 Å². The zero-order chi connectivity index (χ0) is 18.2. The van der Waals surface area contributed by atoms with Crippen LogP contribution < -0.4 is 16.0 Å². The van der Waals surface area contributed by atoms with Gasteiger partial charge in [0.05, 0.1) is 18.2 Å². The number of ether oxygens (including phenoxy) is 1. The third kappa shape index (κ3) is 4.99. The summed E-state index contributed by atoms with van der Waals surface area (Å²) >= 11 is 0. The van der Waals surface area contributed by atoms with Gasteiger partial charge < -0.3 is 15.4 Å². The average molecular weight is 343 g/mol. The molecular weight excluding hydrogens is 326 g/mol. The molecule has 0 saturated heterocycles. The van der Waals surface area contributed by atoms with Gasteiger partial charge in [-0.15, -0.1) is 0 Å². The van der Waals surface area contributed by atoms with Crippen molar-refractivity contribution in [2.24, 2.45) is 0 Å². The summed E-state index contributed by atoms with van der Waals surface area (Å²) in [6.07, 6.45) is 2.71. The molecule has 0 atom stereocenters. The number of urea groups is 1. The molecular formula is C16H17N5O4. The lowest BCUT2D eigenvalue weighted by Crippen LogP contribution is -2.28. The quantitative estimate of drug-likeness (QED) is 0.710. The van der Waals surface area contributed by atoms with Gasteiger partial charge in [0.15, 0.2) is 0 Å². The molecule has 0 aliphatic rings. The molecule has 0 fully saturated rings. The zero-order valence-electron chi connectivity index (χ0n) is 13.7. The fraction of sp³-hybridized carbons (Fsp3) is 0.188. The van der Waals surface area contributed by atoms with E-state index in [9.17, 15) is 14.4 Å². The molecule has 0 saturated carbocycles. The minimum Gasteiger partial charge on any atom is -0.465 e. The van der Waals surface area contributed by atoms with E-state index in [4.69, 9.17) is 0 Å². The minimum absolute atomic E-state index is 0.206. The molecule has 2 aromatic rings. The highest BCUT2D eigenvalue weighted by Crippen LogP contribution is 2.11. The van der Waals surface area contributed by atoms with Crippen LogP contribution in [0.3, 0.4) is 0 Å². The predicted molar refractivity (Wildman–Crippen MR) is 90.5 cm³/mol. The van der Waals surface area contributed by atoms with Gasteiger partial charge in [-0.05, 0) is 31.2 Å². The summed E-state index contributed by atoms with van der Waals surface area (Å²) in [5, 5.41) is 7.66. The molecule has 130 valence electrons. The summed E-state index contributed by atoms with van der Waals surface area (Å²) in [6.45, 7) is 2.29. The number of pyridine rings is 2. The van der Waals surface area contributed by atoms with Crippen molar-refractivity contribution in [2.75, 3.05) is 24.3 Å². The molecule has 9 heteroatoms. The van der Waals surface area contributed by atoms with Crippen LogP contribution in [0.15, 0.2) is 36.7 Å². The van der Waals surface area contributed by atoms with E-state index in [0.29, 0.717) is 12.4 Å². The summed E-state index contributed by atoms with van der Waals surface area (Å²) < 4.78 is 4.61. The molecule has 2 rings (SSSR count). The van der Waals surface area contributed by atoms with E-state index in [1.54, 1.807) is 6.92 Å². The molecule has 9 nitrogen and oxygen atoms in total. The second-order valence-corrected chi connectivity index (χ2v) is 4.79. The Kier molecular flexibility index (Phi) is 5.99. The normalized spacial score (nSPS) is 9.84. The number of hydrogen-bond donors (Lipinski definition) is 3. The highest BCUT2D eigenvalue weighted by molar-refractivity contribution is 6.04. The number of aromatic nitrogens is 2. The van der Waals surface area contributed by atoms with Crippen molar-refractivity contribution < 1.29 is 19.1 Å². The maximum Gasteiger partial charge on any atom is 0.338 e. The highest BCUT2D eigenvalue weighted by atomic mass is 16.5. The van der Waals surface area contributed by atoms with E-state index in [1.807, 2.05) is 0 Å². The molecule has 0 bridgehead atoms. The number of carbonyl (C=O) groups excluding carboxylic acids is 3. The summed E-state index contributed by atoms with van der Waals surface area (Å²) in [6, 6.07) is 5.51. The first-order valence-corrected chi connectivity index (χ1v) is 7.40. The van der Waals surface area contributed by atoms with Crippen LogP contribution in [0.5, 0.6) is 0 Å². The SMILES string of the molecule is CCNC(=O)Nc1ccc(C(=O)Nc2cc(C(=O)OC)ccn2)cn1. The molecule has 0 unspecified atom stereocenters. The van der Waals surface area contributed by atoms with Crippen LogP contribution >= 0.6 is 0 Å². The first kappa shape index (κ1) is 17.9. The maximum atomic E-state index is 12.2. The van der Waals surface area contributed by atoms with Crippen molar-refractivity contribution in [3.05, 3.63) is 47.8 Å². The van der Waals surface area contributed by atoms with Crippen LogP contribution in [0.4, 0.5) is 16.4 Å². The highest BCUT2D eigenvalue weighted by Gasteiger charge is 2.11. The Balaban J connectivity index is 2.03. The van der Waals surface area contributed by atoms with Gasteiger partial charge in [0.1, 0.15) is 11.6 Å². The lowest BCUT2D eigenvalue weighted by molar-refractivity contribution is 0.0600. The fourth-order valence-electron chi connectivity index (χ4n) is 1.86. The van der Waals surface area contributed by atoms with Crippen molar-refractivity contribution in [1.29, 1.82) is 0 Å². The molecule has 0 aliphatic heterocycles. The molecule has 0 aliphatic carbocycles. The van der Waals surface area contributed by atoms with E-state index in [-0.39, 0.29) is 23.0 Å². The minimum atomic E-state index is -0.527. The average Bonchev–Trinajstić information content (AvgIpc) is 2.62. The number of anilines is 2. The number of methoxy groups -OCH3 is 1. The molecule has 0 radical (unpaired) electrons. The smallest absolute Gasteiger partial charge is 0.338 e. The Morgan fingerprint density at radius 3 is 2.48 bits per heavy atom. The molecule has 2 aromatic heterocycles. The topological polar surface area (TPSA) is 122 Å². The van der Waals surface area contributed by atoms with Gasteiger partial charge in [-0.3, -0.25) is 10.1 Å². The number of amides is 3. The summed E-state index contributed by atoms with van der Waals surface area (Å²) in [7, 11) is 1.27. The number of rotatable bonds is 5. The Labute approximate surface area is 143 Å². The monoisotopic (exact) mass is 343 g/mol. The van der Waals surface area contributed by atoms with Gasteiger partial charge in [-0.1, -0.05) is 0 Å². The largest absolute Gasteiger partial charge is 0.465 e. The maximum absolute atomic E-state index is 12.2. The van der Waals surface area contributed by atoms with Crippen molar-refractivity contribution in [3.8, 4) is 0 Å². The van der Waals surface area contributed by atoms with E-state index in [0.717, 1.165) is 0 Å². The zero-order valence-corrected chi connectivity index (χ0v) is 13.7. The second kappa shape index (κ2) is 8.39. The van der Waals surface area contributed by atoms with E-state index < -0.39 is 11.9 Å². The van der Waals surface area contributed by atoms with Gasteiger partial charge in [-0.25, -0.2) is 19.6 Å². The molecule has 3 N–H and O–H groups in total. The number of nitrogens with zero attached hydrogens (tertiary/aromatic N) is 2. The van der Waals surface area contributed by atoms with Gasteiger partial charge in [-0.2, -0.15) is 0 Å². The second-order valence-electron chi connectivity index (χ2n) is 4.79. The molecule has 0 spiro atoms. The van der Waals surface area contributed by atoms with Crippen molar-refractivity contribution in [3.63, 3.8) is 0 Å². The standard InChI is InChI=1S/C16H17N5O4/c1-3-17-16(24)21-12-5-4-11(9-19-12)14(22)20-13-8-10(6-7-18-13)15(23)25-2/h4-9H,3H2,1-2H3,(H,18,20,22)(H2,17,19,21,24). The van der Waals surface area contributed by atoms with Crippen LogP contribution in [-0.4, -0.2) is 41.5 Å². The Morgan fingerprint density at radius 1 is 1.04 bits per heavy atom. The van der Waals surface area contributed by atoms with E-state index >= 15 is 0 Å². The van der Waals surface area contributed by atoms with Crippen molar-refractivity contribution in [2.45, 2.75) is 6.92 Å². The summed E-state index contributed by atoms with van der Waals surface area (Å²) in [5.41, 5.74) is 0.541. The number of hydrogen-bond acceptors (Lipinski definition) is 6. The lowest BCUT2D eigenvalue weighted by atomic mass is 10.2. The van der Waals surface area contributed by atoms with Crippen LogP contribution in [-0.2, 0) is 4.74 Å². The lowest BCUT2D eigenvalue weighted by Gasteiger charge is -2.07. The third-order valence-electron chi connectivity index (χ3n) is 3.03. The summed E-state index contributed by atoms with van der Waals surface area (Å²) in [4.78, 5) is 43.0. The molecule has 0 aromatic carbocycles. The summed E-state index contributed by atoms with van der Waals surface area (Å²) in [5.74, 6) is -0.460. The fourth-order valence-corrected chi connectivity index (χ4v) is 1.86. The Morgan fingerprint density at radius 2 is 1.84 bits per heavy atom. The number of esters is 1. The molecule has 3 amide bonds. The Bertz CT molecular complexity index is 776. The van der Waals surface area contributed by atoms with Crippen molar-refractivity contribution in [1.82, 2.24) is 15.3 Å². The number of carbonyl (C=O) groups is 3. The molecule has 2 heterocycles.